The van der Waals surface area contributed by atoms with Crippen LogP contribution < -0.4 is 0 Å². The summed E-state index contributed by atoms with van der Waals surface area (Å²) in [7, 11) is 2.15. The Kier molecular flexibility index (Phi) is 2.65. The van der Waals surface area contributed by atoms with E-state index in [4.69, 9.17) is 4.74 Å². The second-order valence-electron chi connectivity index (χ2n) is 6.05. The Morgan fingerprint density at radius 3 is 2.38 bits per heavy atom. The maximum atomic E-state index is 11.9. The topological polar surface area (TPSA) is 32.8 Å². The number of carbonyl (C=O) groups is 1. The van der Waals surface area contributed by atoms with Crippen LogP contribution in [0.2, 0.25) is 0 Å². The van der Waals surface area contributed by atoms with E-state index < -0.39 is 5.60 Å². The third-order valence-corrected chi connectivity index (χ3v) is 3.48. The van der Waals surface area contributed by atoms with Crippen molar-refractivity contribution in [3.63, 3.8) is 0 Å². The monoisotopic (exact) mass is 226 g/mol. The third kappa shape index (κ3) is 2.32. The van der Waals surface area contributed by atoms with Crippen LogP contribution in [0.15, 0.2) is 0 Å². The number of carbonyl (C=O) groups excluding carboxylic acids is 1. The van der Waals surface area contributed by atoms with Crippen molar-refractivity contribution in [2.45, 2.75) is 44.8 Å². The Bertz CT molecular complexity index is 292. The van der Waals surface area contributed by atoms with E-state index in [0.29, 0.717) is 0 Å². The quantitative estimate of drug-likeness (QED) is 0.630. The molecule has 1 aliphatic heterocycles. The lowest BCUT2D eigenvalue weighted by molar-refractivity contribution is 0.00406. The fourth-order valence-electron chi connectivity index (χ4n) is 2.23. The first-order valence-electron chi connectivity index (χ1n) is 6.02. The highest BCUT2D eigenvalue weighted by Gasteiger charge is 2.50. The Hall–Kier alpha value is -0.770. The molecule has 2 fully saturated rings. The number of amides is 1. The SMILES string of the molecule is CN1CCN(C(=O)OC(C)(C)C)CC12CC2. The van der Waals surface area contributed by atoms with Gasteiger partial charge in [-0.25, -0.2) is 4.79 Å². The first-order valence-corrected chi connectivity index (χ1v) is 6.02. The van der Waals surface area contributed by atoms with Crippen LogP contribution in [-0.4, -0.2) is 53.7 Å². The van der Waals surface area contributed by atoms with Gasteiger partial charge >= 0.3 is 6.09 Å². The normalized spacial score (nSPS) is 24.6. The molecule has 2 aliphatic rings. The number of hydrogen-bond donors (Lipinski definition) is 0. The summed E-state index contributed by atoms with van der Waals surface area (Å²) in [6.07, 6.45) is 2.26. The number of piperazine rings is 1. The van der Waals surface area contributed by atoms with Gasteiger partial charge < -0.3 is 9.64 Å². The second-order valence-corrected chi connectivity index (χ2v) is 6.05. The lowest BCUT2D eigenvalue weighted by atomic mass is 10.1. The van der Waals surface area contributed by atoms with Crippen molar-refractivity contribution in [2.75, 3.05) is 26.7 Å². The minimum absolute atomic E-state index is 0.160. The van der Waals surface area contributed by atoms with E-state index in [1.54, 1.807) is 0 Å². The molecule has 4 heteroatoms. The largest absolute Gasteiger partial charge is 0.444 e. The van der Waals surface area contributed by atoms with Crippen molar-refractivity contribution in [3.05, 3.63) is 0 Å². The predicted octanol–water partition coefficient (Wildman–Crippen LogP) is 1.70. The molecule has 2 rings (SSSR count). The van der Waals surface area contributed by atoms with E-state index in [1.807, 2.05) is 25.7 Å². The van der Waals surface area contributed by atoms with Crippen molar-refractivity contribution >= 4 is 6.09 Å². The molecule has 1 saturated heterocycles. The minimum atomic E-state index is -0.392. The van der Waals surface area contributed by atoms with E-state index in [1.165, 1.54) is 12.8 Å². The average Bonchev–Trinajstić information content (AvgIpc) is 2.88. The maximum absolute atomic E-state index is 11.9. The van der Waals surface area contributed by atoms with E-state index in [9.17, 15) is 4.79 Å². The van der Waals surface area contributed by atoms with E-state index in [0.717, 1.165) is 19.6 Å². The summed E-state index contributed by atoms with van der Waals surface area (Å²) < 4.78 is 5.40. The van der Waals surface area contributed by atoms with Gasteiger partial charge in [-0.3, -0.25) is 4.90 Å². The van der Waals surface area contributed by atoms with Gasteiger partial charge in [0.05, 0.1) is 0 Å². The Morgan fingerprint density at radius 2 is 1.88 bits per heavy atom. The van der Waals surface area contributed by atoms with Gasteiger partial charge in [-0.1, -0.05) is 0 Å². The summed E-state index contributed by atoms with van der Waals surface area (Å²) in [6, 6.07) is 0. The number of ether oxygens (including phenoxy) is 1. The van der Waals surface area contributed by atoms with Gasteiger partial charge in [0.2, 0.25) is 0 Å². The molecule has 0 unspecified atom stereocenters. The second kappa shape index (κ2) is 3.62. The van der Waals surface area contributed by atoms with Crippen LogP contribution in [0.25, 0.3) is 0 Å². The number of likely N-dealkylation sites (N-methyl/N-ethyl adjacent to an activating group) is 1. The highest BCUT2D eigenvalue weighted by Crippen LogP contribution is 2.43. The van der Waals surface area contributed by atoms with Gasteiger partial charge in [-0.05, 0) is 40.7 Å². The van der Waals surface area contributed by atoms with Crippen molar-refractivity contribution in [1.82, 2.24) is 9.80 Å². The molecular formula is C12H22N2O2. The van der Waals surface area contributed by atoms with Crippen molar-refractivity contribution < 1.29 is 9.53 Å². The van der Waals surface area contributed by atoms with Crippen LogP contribution in [0.4, 0.5) is 4.79 Å². The minimum Gasteiger partial charge on any atom is -0.444 e. The average molecular weight is 226 g/mol. The summed E-state index contributed by atoms with van der Waals surface area (Å²) in [5.41, 5.74) is -0.119. The maximum Gasteiger partial charge on any atom is 0.410 e. The number of rotatable bonds is 0. The summed E-state index contributed by atoms with van der Waals surface area (Å²) in [5.74, 6) is 0. The van der Waals surface area contributed by atoms with E-state index >= 15 is 0 Å². The third-order valence-electron chi connectivity index (χ3n) is 3.48. The van der Waals surface area contributed by atoms with Crippen LogP contribution in [0, 0.1) is 0 Å². The van der Waals surface area contributed by atoms with Gasteiger partial charge in [0.15, 0.2) is 0 Å². The molecule has 0 aromatic heterocycles. The zero-order valence-electron chi connectivity index (χ0n) is 10.7. The molecule has 0 N–H and O–H groups in total. The van der Waals surface area contributed by atoms with Crippen molar-refractivity contribution in [2.24, 2.45) is 0 Å². The molecule has 0 bridgehead atoms. The zero-order chi connectivity index (χ0) is 12.0. The van der Waals surface area contributed by atoms with Crippen LogP contribution >= 0.6 is 0 Å². The molecule has 0 atom stereocenters. The molecule has 1 heterocycles. The Labute approximate surface area is 97.5 Å². The lowest BCUT2D eigenvalue weighted by Crippen LogP contribution is -2.55. The van der Waals surface area contributed by atoms with Crippen LogP contribution in [-0.2, 0) is 4.74 Å². The molecule has 4 nitrogen and oxygen atoms in total. The summed E-state index contributed by atoms with van der Waals surface area (Å²) in [6.45, 7) is 8.31. The highest BCUT2D eigenvalue weighted by molar-refractivity contribution is 5.68. The summed E-state index contributed by atoms with van der Waals surface area (Å²) in [4.78, 5) is 16.2. The standard InChI is InChI=1S/C12H22N2O2/c1-11(2,3)16-10(15)14-8-7-13(4)12(9-14)5-6-12/h5-9H2,1-4H3. The molecule has 0 aromatic rings. The molecule has 92 valence electrons. The Balaban J connectivity index is 1.94. The van der Waals surface area contributed by atoms with E-state index in [-0.39, 0.29) is 11.6 Å². The first kappa shape index (κ1) is 11.7. The molecule has 0 aromatic carbocycles. The van der Waals surface area contributed by atoms with Crippen molar-refractivity contribution in [1.29, 1.82) is 0 Å². The van der Waals surface area contributed by atoms with Gasteiger partial charge in [0.1, 0.15) is 5.60 Å². The highest BCUT2D eigenvalue weighted by atomic mass is 16.6. The van der Waals surface area contributed by atoms with Crippen molar-refractivity contribution in [3.8, 4) is 0 Å². The molecule has 0 radical (unpaired) electrons. The predicted molar refractivity (Wildman–Crippen MR) is 62.4 cm³/mol. The van der Waals surface area contributed by atoms with Gasteiger partial charge in [-0.15, -0.1) is 0 Å². The van der Waals surface area contributed by atoms with Crippen LogP contribution in [0.1, 0.15) is 33.6 Å². The molecule has 1 amide bonds. The smallest absolute Gasteiger partial charge is 0.410 e. The molecular weight excluding hydrogens is 204 g/mol. The molecule has 1 aliphatic carbocycles. The Morgan fingerprint density at radius 1 is 1.25 bits per heavy atom. The number of nitrogens with zero attached hydrogens (tertiary/aromatic N) is 2. The van der Waals surface area contributed by atoms with E-state index in [2.05, 4.69) is 11.9 Å². The van der Waals surface area contributed by atoms with Gasteiger partial charge in [0.25, 0.3) is 0 Å². The van der Waals surface area contributed by atoms with Gasteiger partial charge in [-0.2, -0.15) is 0 Å². The number of hydrogen-bond acceptors (Lipinski definition) is 3. The fraction of sp³-hybridized carbons (Fsp3) is 0.917. The lowest BCUT2D eigenvalue weighted by Gasteiger charge is -2.40. The zero-order valence-corrected chi connectivity index (χ0v) is 10.7. The summed E-state index contributed by atoms with van der Waals surface area (Å²) >= 11 is 0. The fourth-order valence-corrected chi connectivity index (χ4v) is 2.23. The van der Waals surface area contributed by atoms with Crippen LogP contribution in [0.5, 0.6) is 0 Å². The molecule has 1 saturated carbocycles. The first-order chi connectivity index (χ1) is 7.32. The van der Waals surface area contributed by atoms with Gasteiger partial charge in [0, 0.05) is 25.2 Å². The molecule has 16 heavy (non-hydrogen) atoms. The van der Waals surface area contributed by atoms with Crippen LogP contribution in [0.3, 0.4) is 0 Å². The molecule has 1 spiro atoms. The summed E-state index contributed by atoms with van der Waals surface area (Å²) in [5, 5.41) is 0.